The summed E-state index contributed by atoms with van der Waals surface area (Å²) in [6.07, 6.45) is -1.04. The SMILES string of the molecule is COc1ccc(CNC(=O)C(C)OC(=O)c2cccc([N+](=O)[O-])c2)cc1. The molecular formula is C18H18N2O6. The van der Waals surface area contributed by atoms with Crippen LogP contribution in [-0.4, -0.2) is 30.0 Å². The molecule has 1 N–H and O–H groups in total. The highest BCUT2D eigenvalue weighted by Crippen LogP contribution is 2.15. The summed E-state index contributed by atoms with van der Waals surface area (Å²) in [7, 11) is 1.56. The van der Waals surface area contributed by atoms with E-state index in [4.69, 9.17) is 9.47 Å². The highest BCUT2D eigenvalue weighted by atomic mass is 16.6. The van der Waals surface area contributed by atoms with E-state index in [0.29, 0.717) is 5.75 Å². The summed E-state index contributed by atoms with van der Waals surface area (Å²) in [5.41, 5.74) is 0.640. The Bertz CT molecular complexity index is 804. The van der Waals surface area contributed by atoms with Crippen LogP contribution in [0.5, 0.6) is 5.75 Å². The van der Waals surface area contributed by atoms with Crippen LogP contribution < -0.4 is 10.1 Å². The van der Waals surface area contributed by atoms with Gasteiger partial charge in [-0.15, -0.1) is 0 Å². The van der Waals surface area contributed by atoms with Gasteiger partial charge in [0.1, 0.15) is 5.75 Å². The van der Waals surface area contributed by atoms with Crippen LogP contribution in [0.3, 0.4) is 0 Å². The molecule has 26 heavy (non-hydrogen) atoms. The van der Waals surface area contributed by atoms with Gasteiger partial charge in [-0.2, -0.15) is 0 Å². The lowest BCUT2D eigenvalue weighted by atomic mass is 10.2. The van der Waals surface area contributed by atoms with Crippen molar-refractivity contribution in [3.8, 4) is 5.75 Å². The molecular weight excluding hydrogens is 340 g/mol. The van der Waals surface area contributed by atoms with Crippen LogP contribution in [-0.2, 0) is 16.1 Å². The largest absolute Gasteiger partial charge is 0.497 e. The van der Waals surface area contributed by atoms with E-state index in [1.807, 2.05) is 0 Å². The lowest BCUT2D eigenvalue weighted by Gasteiger charge is -2.13. The standard InChI is InChI=1S/C18H18N2O6/c1-12(17(21)19-11-13-6-8-16(25-2)9-7-13)26-18(22)14-4-3-5-15(10-14)20(23)24/h3-10,12H,11H2,1-2H3,(H,19,21). The van der Waals surface area contributed by atoms with E-state index in [2.05, 4.69) is 5.32 Å². The van der Waals surface area contributed by atoms with E-state index in [1.165, 1.54) is 25.1 Å². The van der Waals surface area contributed by atoms with Crippen LogP contribution >= 0.6 is 0 Å². The second-order valence-electron chi connectivity index (χ2n) is 5.42. The molecule has 1 amide bonds. The summed E-state index contributed by atoms with van der Waals surface area (Å²) in [4.78, 5) is 34.2. The molecule has 0 spiro atoms. The second kappa shape index (κ2) is 8.61. The average molecular weight is 358 g/mol. The summed E-state index contributed by atoms with van der Waals surface area (Å²) in [5, 5.41) is 13.4. The molecule has 136 valence electrons. The molecule has 0 heterocycles. The highest BCUT2D eigenvalue weighted by Gasteiger charge is 2.20. The minimum absolute atomic E-state index is 0.00834. The fourth-order valence-corrected chi connectivity index (χ4v) is 2.10. The van der Waals surface area contributed by atoms with Gasteiger partial charge >= 0.3 is 5.97 Å². The summed E-state index contributed by atoms with van der Waals surface area (Å²) < 4.78 is 10.1. The summed E-state index contributed by atoms with van der Waals surface area (Å²) in [5.74, 6) is -0.570. The van der Waals surface area contributed by atoms with E-state index >= 15 is 0 Å². The van der Waals surface area contributed by atoms with Crippen molar-refractivity contribution >= 4 is 17.6 Å². The van der Waals surface area contributed by atoms with Gasteiger partial charge in [-0.25, -0.2) is 4.79 Å². The van der Waals surface area contributed by atoms with Crippen LogP contribution in [0.15, 0.2) is 48.5 Å². The Labute approximate surface area is 149 Å². The smallest absolute Gasteiger partial charge is 0.339 e. The summed E-state index contributed by atoms with van der Waals surface area (Å²) in [6.45, 7) is 1.69. The van der Waals surface area contributed by atoms with Gasteiger partial charge in [0.05, 0.1) is 17.6 Å². The normalized spacial score (nSPS) is 11.3. The van der Waals surface area contributed by atoms with Crippen LogP contribution in [0, 0.1) is 10.1 Å². The van der Waals surface area contributed by atoms with Crippen LogP contribution in [0.4, 0.5) is 5.69 Å². The number of nitrogens with one attached hydrogen (secondary N) is 1. The number of benzene rings is 2. The molecule has 0 radical (unpaired) electrons. The number of hydrogen-bond donors (Lipinski definition) is 1. The zero-order chi connectivity index (χ0) is 19.1. The molecule has 2 aromatic carbocycles. The third-order valence-corrected chi connectivity index (χ3v) is 3.57. The number of ether oxygens (including phenoxy) is 2. The molecule has 1 atom stereocenters. The molecule has 1 unspecified atom stereocenters. The van der Waals surface area contributed by atoms with Gasteiger partial charge in [0.15, 0.2) is 6.10 Å². The maximum absolute atomic E-state index is 12.1. The first kappa shape index (κ1) is 18.9. The lowest BCUT2D eigenvalue weighted by Crippen LogP contribution is -2.35. The molecule has 0 aliphatic heterocycles. The molecule has 0 bridgehead atoms. The molecule has 8 nitrogen and oxygen atoms in total. The number of methoxy groups -OCH3 is 1. The van der Waals surface area contributed by atoms with E-state index in [-0.39, 0.29) is 17.8 Å². The summed E-state index contributed by atoms with van der Waals surface area (Å²) >= 11 is 0. The number of carbonyl (C=O) groups is 2. The number of carbonyl (C=O) groups excluding carboxylic acids is 2. The number of amides is 1. The Hall–Kier alpha value is -3.42. The Balaban J connectivity index is 1.90. The molecule has 0 aromatic heterocycles. The van der Waals surface area contributed by atoms with Crippen LogP contribution in [0.2, 0.25) is 0 Å². The molecule has 0 aliphatic rings. The van der Waals surface area contributed by atoms with Crippen molar-refractivity contribution in [2.75, 3.05) is 7.11 Å². The molecule has 0 saturated carbocycles. The van der Waals surface area contributed by atoms with Gasteiger partial charge < -0.3 is 14.8 Å². The minimum atomic E-state index is -1.04. The topological polar surface area (TPSA) is 108 Å². The van der Waals surface area contributed by atoms with Gasteiger partial charge in [-0.3, -0.25) is 14.9 Å². The average Bonchev–Trinajstić information content (AvgIpc) is 2.66. The van der Waals surface area contributed by atoms with E-state index in [0.717, 1.165) is 11.6 Å². The molecule has 2 rings (SSSR count). The Morgan fingerprint density at radius 1 is 1.19 bits per heavy atom. The molecule has 0 saturated heterocycles. The maximum Gasteiger partial charge on any atom is 0.339 e. The van der Waals surface area contributed by atoms with Gasteiger partial charge in [0.25, 0.3) is 11.6 Å². The molecule has 0 fully saturated rings. The van der Waals surface area contributed by atoms with E-state index < -0.39 is 22.9 Å². The van der Waals surface area contributed by atoms with E-state index in [1.54, 1.807) is 31.4 Å². The third kappa shape index (κ3) is 5.04. The van der Waals surface area contributed by atoms with Crippen molar-refractivity contribution in [2.45, 2.75) is 19.6 Å². The van der Waals surface area contributed by atoms with Crippen molar-refractivity contribution in [1.29, 1.82) is 0 Å². The van der Waals surface area contributed by atoms with Crippen molar-refractivity contribution in [1.82, 2.24) is 5.32 Å². The number of esters is 1. The van der Waals surface area contributed by atoms with Crippen molar-refractivity contribution in [3.05, 3.63) is 69.8 Å². The van der Waals surface area contributed by atoms with Crippen molar-refractivity contribution in [2.24, 2.45) is 0 Å². The predicted octanol–water partition coefficient (Wildman–Crippen LogP) is 2.47. The van der Waals surface area contributed by atoms with E-state index in [9.17, 15) is 19.7 Å². The quantitative estimate of drug-likeness (QED) is 0.463. The minimum Gasteiger partial charge on any atom is -0.497 e. The first-order valence-electron chi connectivity index (χ1n) is 7.77. The first-order chi connectivity index (χ1) is 12.4. The van der Waals surface area contributed by atoms with Gasteiger partial charge in [-0.1, -0.05) is 18.2 Å². The second-order valence-corrected chi connectivity index (χ2v) is 5.42. The van der Waals surface area contributed by atoms with Gasteiger partial charge in [0.2, 0.25) is 0 Å². The lowest BCUT2D eigenvalue weighted by molar-refractivity contribution is -0.384. The summed E-state index contributed by atoms with van der Waals surface area (Å²) in [6, 6.07) is 12.3. The third-order valence-electron chi connectivity index (χ3n) is 3.57. The molecule has 0 aliphatic carbocycles. The fraction of sp³-hybridized carbons (Fsp3) is 0.222. The first-order valence-corrected chi connectivity index (χ1v) is 7.77. The van der Waals surface area contributed by atoms with Crippen LogP contribution in [0.1, 0.15) is 22.8 Å². The Morgan fingerprint density at radius 2 is 1.88 bits per heavy atom. The number of nitro groups is 1. The number of non-ortho nitro benzene ring substituents is 1. The number of rotatable bonds is 7. The number of nitrogens with zero attached hydrogens (tertiary/aromatic N) is 1. The molecule has 8 heteroatoms. The number of hydrogen-bond acceptors (Lipinski definition) is 6. The van der Waals surface area contributed by atoms with Crippen molar-refractivity contribution in [3.63, 3.8) is 0 Å². The predicted molar refractivity (Wildman–Crippen MR) is 92.8 cm³/mol. The Morgan fingerprint density at radius 3 is 2.50 bits per heavy atom. The zero-order valence-electron chi connectivity index (χ0n) is 14.3. The van der Waals surface area contributed by atoms with Crippen molar-refractivity contribution < 1.29 is 24.0 Å². The monoisotopic (exact) mass is 358 g/mol. The Kier molecular flexibility index (Phi) is 6.26. The fourth-order valence-electron chi connectivity index (χ4n) is 2.10. The van der Waals surface area contributed by atoms with Gasteiger partial charge in [0, 0.05) is 18.7 Å². The molecule has 2 aromatic rings. The maximum atomic E-state index is 12.1. The highest BCUT2D eigenvalue weighted by molar-refractivity contribution is 5.92. The zero-order valence-corrected chi connectivity index (χ0v) is 14.3. The number of nitro benzene ring substituents is 1. The van der Waals surface area contributed by atoms with Gasteiger partial charge in [-0.05, 0) is 30.7 Å². The van der Waals surface area contributed by atoms with Crippen LogP contribution in [0.25, 0.3) is 0 Å².